The van der Waals surface area contributed by atoms with E-state index >= 15 is 0 Å². The zero-order valence-electron chi connectivity index (χ0n) is 19.1. The largest absolute Gasteiger partial charge is 0.466 e. The maximum Gasteiger partial charge on any atom is 0.310 e. The van der Waals surface area contributed by atoms with Gasteiger partial charge in [0.15, 0.2) is 0 Å². The molecule has 1 aliphatic heterocycles. The van der Waals surface area contributed by atoms with Crippen molar-refractivity contribution in [1.82, 2.24) is 19.6 Å². The number of amides is 2. The number of para-hydroxylation sites is 1. The van der Waals surface area contributed by atoms with Crippen LogP contribution in [0, 0.1) is 12.8 Å². The lowest BCUT2D eigenvalue weighted by molar-refractivity contribution is -0.151. The van der Waals surface area contributed by atoms with E-state index in [-0.39, 0.29) is 30.2 Å². The Morgan fingerprint density at radius 1 is 1.24 bits per heavy atom. The number of ether oxygens (including phenoxy) is 1. The first-order chi connectivity index (χ1) is 15.9. The highest BCUT2D eigenvalue weighted by Crippen LogP contribution is 2.31. The monoisotopic (exact) mass is 468 g/mol. The standard InChI is InChI=1S/C24H28N4O4S/c1-4-32-24(31)17-9-8-12-27(14-17)21(29)15-26(3)22(30)20-13-19-16(2)25-28(23(19)33-20)18-10-6-5-7-11-18/h5-7,10-11,13,17H,4,8-9,12,14-15H2,1-3H3. The van der Waals surface area contributed by atoms with Gasteiger partial charge in [0.2, 0.25) is 5.91 Å². The van der Waals surface area contributed by atoms with Crippen molar-refractivity contribution in [3.05, 3.63) is 47.0 Å². The van der Waals surface area contributed by atoms with E-state index in [1.807, 2.05) is 48.0 Å². The molecule has 1 saturated heterocycles. The summed E-state index contributed by atoms with van der Waals surface area (Å²) in [5, 5.41) is 5.54. The summed E-state index contributed by atoms with van der Waals surface area (Å²) in [4.78, 5) is 42.6. The Kier molecular flexibility index (Phi) is 6.78. The first-order valence-electron chi connectivity index (χ1n) is 11.1. The summed E-state index contributed by atoms with van der Waals surface area (Å²) < 4.78 is 6.96. The average molecular weight is 469 g/mol. The molecule has 0 radical (unpaired) electrons. The van der Waals surface area contributed by atoms with E-state index < -0.39 is 0 Å². The Bertz CT molecular complexity index is 1170. The number of benzene rings is 1. The van der Waals surface area contributed by atoms with Crippen LogP contribution in [0.1, 0.15) is 35.1 Å². The zero-order chi connectivity index (χ0) is 23.5. The number of rotatable bonds is 6. The van der Waals surface area contributed by atoms with Gasteiger partial charge in [-0.15, -0.1) is 11.3 Å². The molecule has 33 heavy (non-hydrogen) atoms. The lowest BCUT2D eigenvalue weighted by Crippen LogP contribution is -2.47. The molecule has 174 valence electrons. The fraction of sp³-hybridized carbons (Fsp3) is 0.417. The summed E-state index contributed by atoms with van der Waals surface area (Å²) >= 11 is 1.37. The molecular weight excluding hydrogens is 440 g/mol. The normalized spacial score (nSPS) is 16.1. The third kappa shape index (κ3) is 4.78. The molecule has 8 nitrogen and oxygen atoms in total. The van der Waals surface area contributed by atoms with E-state index in [0.717, 1.165) is 34.4 Å². The number of carbonyl (C=O) groups excluding carboxylic acids is 3. The van der Waals surface area contributed by atoms with Crippen LogP contribution in [0.15, 0.2) is 36.4 Å². The highest BCUT2D eigenvalue weighted by Gasteiger charge is 2.30. The summed E-state index contributed by atoms with van der Waals surface area (Å²) in [5.41, 5.74) is 1.78. The fourth-order valence-corrected chi connectivity index (χ4v) is 5.29. The minimum atomic E-state index is -0.296. The lowest BCUT2D eigenvalue weighted by Gasteiger charge is -2.32. The van der Waals surface area contributed by atoms with Gasteiger partial charge >= 0.3 is 5.97 Å². The predicted molar refractivity (Wildman–Crippen MR) is 127 cm³/mol. The molecule has 2 amide bonds. The van der Waals surface area contributed by atoms with Crippen molar-refractivity contribution < 1.29 is 19.1 Å². The molecule has 1 fully saturated rings. The highest BCUT2D eigenvalue weighted by molar-refractivity contribution is 7.20. The quantitative estimate of drug-likeness (QED) is 0.519. The molecule has 1 atom stereocenters. The third-order valence-corrected chi connectivity index (χ3v) is 6.97. The molecule has 9 heteroatoms. The number of aromatic nitrogens is 2. The van der Waals surface area contributed by atoms with Gasteiger partial charge in [-0.05, 0) is 44.9 Å². The van der Waals surface area contributed by atoms with Crippen molar-refractivity contribution in [3.63, 3.8) is 0 Å². The van der Waals surface area contributed by atoms with Crippen LogP contribution in [0.25, 0.3) is 15.9 Å². The molecule has 0 N–H and O–H groups in total. The van der Waals surface area contributed by atoms with Crippen molar-refractivity contribution >= 4 is 39.3 Å². The number of hydrogen-bond acceptors (Lipinski definition) is 6. The van der Waals surface area contributed by atoms with Gasteiger partial charge in [0.25, 0.3) is 5.91 Å². The maximum absolute atomic E-state index is 13.1. The molecule has 4 rings (SSSR count). The number of fused-ring (bicyclic) bond motifs is 1. The summed E-state index contributed by atoms with van der Waals surface area (Å²) in [6, 6.07) is 11.6. The maximum atomic E-state index is 13.1. The number of aryl methyl sites for hydroxylation is 1. The van der Waals surface area contributed by atoms with Gasteiger partial charge in [-0.3, -0.25) is 14.4 Å². The number of likely N-dealkylation sites (N-methyl/N-ethyl adjacent to an activating group) is 1. The minimum Gasteiger partial charge on any atom is -0.466 e. The Morgan fingerprint density at radius 3 is 2.73 bits per heavy atom. The van der Waals surface area contributed by atoms with Crippen LogP contribution in [-0.4, -0.2) is 70.7 Å². The van der Waals surface area contributed by atoms with E-state index in [2.05, 4.69) is 5.10 Å². The molecule has 0 aliphatic carbocycles. The molecule has 3 heterocycles. The van der Waals surface area contributed by atoms with Crippen molar-refractivity contribution in [3.8, 4) is 5.69 Å². The molecule has 3 aromatic rings. The predicted octanol–water partition coefficient (Wildman–Crippen LogP) is 3.27. The van der Waals surface area contributed by atoms with Gasteiger partial charge in [-0.25, -0.2) is 4.68 Å². The SMILES string of the molecule is CCOC(=O)C1CCCN(C(=O)CN(C)C(=O)c2cc3c(C)nn(-c4ccccc4)c3s2)C1. The van der Waals surface area contributed by atoms with E-state index in [9.17, 15) is 14.4 Å². The van der Waals surface area contributed by atoms with Crippen LogP contribution in [-0.2, 0) is 14.3 Å². The van der Waals surface area contributed by atoms with E-state index in [4.69, 9.17) is 4.74 Å². The summed E-state index contributed by atoms with van der Waals surface area (Å²) in [6.45, 7) is 4.92. The van der Waals surface area contributed by atoms with E-state index in [1.165, 1.54) is 16.2 Å². The second kappa shape index (κ2) is 9.74. The number of piperidine rings is 1. The Balaban J connectivity index is 1.46. The highest BCUT2D eigenvalue weighted by atomic mass is 32.1. The van der Waals surface area contributed by atoms with Gasteiger partial charge in [0, 0.05) is 25.5 Å². The zero-order valence-corrected chi connectivity index (χ0v) is 19.9. The van der Waals surface area contributed by atoms with Crippen LogP contribution in [0.4, 0.5) is 0 Å². The van der Waals surface area contributed by atoms with Crippen LogP contribution in [0.5, 0.6) is 0 Å². The smallest absolute Gasteiger partial charge is 0.310 e. The van der Waals surface area contributed by atoms with E-state index in [1.54, 1.807) is 18.9 Å². The average Bonchev–Trinajstić information content (AvgIpc) is 3.40. The van der Waals surface area contributed by atoms with Crippen molar-refractivity contribution in [2.75, 3.05) is 33.3 Å². The van der Waals surface area contributed by atoms with E-state index in [0.29, 0.717) is 24.6 Å². The third-order valence-electron chi connectivity index (χ3n) is 5.87. The van der Waals surface area contributed by atoms with Crippen molar-refractivity contribution in [2.24, 2.45) is 5.92 Å². The second-order valence-electron chi connectivity index (χ2n) is 8.25. The molecule has 0 bridgehead atoms. The van der Waals surface area contributed by atoms with Gasteiger partial charge in [-0.1, -0.05) is 18.2 Å². The first kappa shape index (κ1) is 23.0. The van der Waals surface area contributed by atoms with Crippen LogP contribution in [0.2, 0.25) is 0 Å². The molecule has 0 spiro atoms. The van der Waals surface area contributed by atoms with Crippen LogP contribution in [0.3, 0.4) is 0 Å². The molecule has 1 aromatic carbocycles. The number of thiophene rings is 1. The van der Waals surface area contributed by atoms with Gasteiger partial charge in [0.1, 0.15) is 4.83 Å². The van der Waals surface area contributed by atoms with Crippen molar-refractivity contribution in [2.45, 2.75) is 26.7 Å². The first-order valence-corrected chi connectivity index (χ1v) is 11.9. The number of esters is 1. The van der Waals surface area contributed by atoms with Crippen LogP contribution < -0.4 is 0 Å². The molecular formula is C24H28N4O4S. The molecule has 0 saturated carbocycles. The topological polar surface area (TPSA) is 84.7 Å². The Hall–Kier alpha value is -3.20. The summed E-state index contributed by atoms with van der Waals surface area (Å²) in [5.74, 6) is -0.919. The van der Waals surface area contributed by atoms with Gasteiger partial charge in [-0.2, -0.15) is 5.10 Å². The number of nitrogens with zero attached hydrogens (tertiary/aromatic N) is 4. The van der Waals surface area contributed by atoms with Crippen LogP contribution >= 0.6 is 11.3 Å². The molecule has 2 aromatic heterocycles. The molecule has 1 aliphatic rings. The number of hydrogen-bond donors (Lipinski definition) is 0. The lowest BCUT2D eigenvalue weighted by atomic mass is 9.98. The summed E-state index contributed by atoms with van der Waals surface area (Å²) in [6.07, 6.45) is 1.47. The fourth-order valence-electron chi connectivity index (χ4n) is 4.12. The number of carbonyl (C=O) groups is 3. The Morgan fingerprint density at radius 2 is 2.00 bits per heavy atom. The second-order valence-corrected chi connectivity index (χ2v) is 9.29. The van der Waals surface area contributed by atoms with Crippen molar-refractivity contribution in [1.29, 1.82) is 0 Å². The number of likely N-dealkylation sites (tertiary alicyclic amines) is 1. The van der Waals surface area contributed by atoms with Gasteiger partial charge in [0.05, 0.1) is 35.3 Å². The van der Waals surface area contributed by atoms with Gasteiger partial charge < -0.3 is 14.5 Å². The summed E-state index contributed by atoms with van der Waals surface area (Å²) in [7, 11) is 1.63. The molecule has 1 unspecified atom stereocenters. The Labute approximate surface area is 196 Å². The minimum absolute atomic E-state index is 0.0353.